The number of aryl methyl sites for hydroxylation is 1. The average molecular weight is 464 g/mol. The van der Waals surface area contributed by atoms with Crippen LogP contribution >= 0.6 is 27.5 Å². The molecule has 1 aliphatic rings. The Hall–Kier alpha value is -2.12. The van der Waals surface area contributed by atoms with Gasteiger partial charge in [-0.25, -0.2) is 9.78 Å². The first-order chi connectivity index (χ1) is 13.4. The summed E-state index contributed by atoms with van der Waals surface area (Å²) in [4.78, 5) is 32.1. The maximum Gasteiger partial charge on any atom is 0.326 e. The molecule has 0 saturated heterocycles. The molecule has 1 amide bonds. The zero-order valence-electron chi connectivity index (χ0n) is 15.3. The normalized spacial score (nSPS) is 19.7. The van der Waals surface area contributed by atoms with Crippen molar-refractivity contribution in [2.75, 3.05) is 5.32 Å². The summed E-state index contributed by atoms with van der Waals surface area (Å²) in [6.07, 6.45) is 4.63. The highest BCUT2D eigenvalue weighted by Gasteiger charge is 2.29. The highest BCUT2D eigenvalue weighted by atomic mass is 79.9. The molecule has 2 aromatic heterocycles. The van der Waals surface area contributed by atoms with Crippen LogP contribution in [0.1, 0.15) is 37.3 Å². The molecule has 0 atom stereocenters. The van der Waals surface area contributed by atoms with Crippen molar-refractivity contribution in [3.8, 4) is 0 Å². The topological polar surface area (TPSA) is 79.8 Å². The largest absolute Gasteiger partial charge is 0.326 e. The monoisotopic (exact) mass is 462 g/mol. The number of hydrogen-bond acceptors (Lipinski definition) is 3. The molecule has 3 aromatic rings. The molecule has 0 unspecified atom stereocenters. The first kappa shape index (κ1) is 19.2. The van der Waals surface area contributed by atoms with Gasteiger partial charge in [-0.1, -0.05) is 17.7 Å². The molecule has 4 rings (SSSR count). The molecular formula is C20H20BrClN4O2. The van der Waals surface area contributed by atoms with E-state index in [1.807, 2.05) is 35.8 Å². The molecule has 8 heteroatoms. The maximum absolute atomic E-state index is 12.6. The molecule has 1 fully saturated rings. The molecule has 0 bridgehead atoms. The van der Waals surface area contributed by atoms with E-state index in [9.17, 15) is 9.59 Å². The number of para-hydroxylation sites is 1. The zero-order chi connectivity index (χ0) is 19.8. The Labute approximate surface area is 175 Å². The van der Waals surface area contributed by atoms with Crippen molar-refractivity contribution in [1.29, 1.82) is 0 Å². The zero-order valence-corrected chi connectivity index (χ0v) is 17.7. The van der Waals surface area contributed by atoms with Crippen LogP contribution in [-0.2, 0) is 4.79 Å². The molecule has 6 nitrogen and oxygen atoms in total. The van der Waals surface area contributed by atoms with E-state index in [1.54, 1.807) is 6.20 Å². The van der Waals surface area contributed by atoms with Crippen LogP contribution in [0.2, 0.25) is 5.15 Å². The van der Waals surface area contributed by atoms with Crippen LogP contribution in [0.3, 0.4) is 0 Å². The number of fused-ring (bicyclic) bond motifs is 1. The summed E-state index contributed by atoms with van der Waals surface area (Å²) in [5.74, 6) is -0.0733. The van der Waals surface area contributed by atoms with Gasteiger partial charge in [-0.05, 0) is 72.3 Å². The number of rotatable bonds is 3. The summed E-state index contributed by atoms with van der Waals surface area (Å²) in [7, 11) is 0. The lowest BCUT2D eigenvalue weighted by atomic mass is 9.85. The van der Waals surface area contributed by atoms with E-state index in [0.717, 1.165) is 46.8 Å². The van der Waals surface area contributed by atoms with E-state index in [1.165, 1.54) is 0 Å². The third-order valence-electron chi connectivity index (χ3n) is 5.42. The number of benzene rings is 1. The first-order valence-corrected chi connectivity index (χ1v) is 10.4. The fourth-order valence-electron chi connectivity index (χ4n) is 3.94. The smallest absolute Gasteiger partial charge is 0.324 e. The number of hydrogen-bond donors (Lipinski definition) is 2. The lowest BCUT2D eigenvalue weighted by Gasteiger charge is -2.28. The Bertz CT molecular complexity index is 1100. The van der Waals surface area contributed by atoms with E-state index in [4.69, 9.17) is 11.6 Å². The number of carbonyl (C=O) groups excluding carboxylic acids is 1. The van der Waals surface area contributed by atoms with Gasteiger partial charge in [0.1, 0.15) is 5.15 Å². The lowest BCUT2D eigenvalue weighted by Crippen LogP contribution is -2.31. The predicted octanol–water partition coefficient (Wildman–Crippen LogP) is 4.82. The van der Waals surface area contributed by atoms with Gasteiger partial charge in [0.05, 0.1) is 22.9 Å². The molecule has 1 aliphatic carbocycles. The molecule has 28 heavy (non-hydrogen) atoms. The van der Waals surface area contributed by atoms with Gasteiger partial charge in [-0.2, -0.15) is 0 Å². The Morgan fingerprint density at radius 3 is 2.79 bits per heavy atom. The fourth-order valence-corrected chi connectivity index (χ4v) is 4.50. The van der Waals surface area contributed by atoms with Crippen molar-refractivity contribution in [3.05, 3.63) is 56.1 Å². The summed E-state index contributed by atoms with van der Waals surface area (Å²) in [6, 6.07) is 7.71. The number of nitrogens with one attached hydrogen (secondary N) is 2. The van der Waals surface area contributed by atoms with Crippen LogP contribution in [0.15, 0.2) is 39.7 Å². The molecule has 146 valence electrons. The molecule has 1 aromatic carbocycles. The molecular weight excluding hydrogens is 444 g/mol. The van der Waals surface area contributed by atoms with Gasteiger partial charge in [-0.3, -0.25) is 9.36 Å². The van der Waals surface area contributed by atoms with Crippen molar-refractivity contribution >= 4 is 50.2 Å². The number of imidazole rings is 1. The lowest BCUT2D eigenvalue weighted by molar-refractivity contribution is -0.121. The van der Waals surface area contributed by atoms with Gasteiger partial charge < -0.3 is 10.3 Å². The standard InChI is InChI=1S/C20H20BrClN4O2/c1-11-9-13(10-23-18(11)22)24-19(27)12-5-7-14(8-6-12)26-16-4-2-3-15(21)17(16)25-20(26)28/h2-4,9-10,12,14H,5-8H2,1H3,(H,24,27)(H,25,28). The number of halogens is 2. The van der Waals surface area contributed by atoms with Crippen LogP contribution in [0.4, 0.5) is 5.69 Å². The Morgan fingerprint density at radius 1 is 1.32 bits per heavy atom. The van der Waals surface area contributed by atoms with Crippen LogP contribution in [-0.4, -0.2) is 20.4 Å². The number of anilines is 1. The third kappa shape index (κ3) is 3.61. The molecule has 0 aliphatic heterocycles. The first-order valence-electron chi connectivity index (χ1n) is 9.26. The minimum Gasteiger partial charge on any atom is -0.324 e. The van der Waals surface area contributed by atoms with Crippen molar-refractivity contribution in [3.63, 3.8) is 0 Å². The number of pyridine rings is 1. The molecule has 2 heterocycles. The summed E-state index contributed by atoms with van der Waals surface area (Å²) >= 11 is 9.43. The summed E-state index contributed by atoms with van der Waals surface area (Å²) in [6.45, 7) is 1.85. The Kier molecular flexibility index (Phi) is 5.29. The van der Waals surface area contributed by atoms with Crippen LogP contribution in [0, 0.1) is 12.8 Å². The minimum atomic E-state index is -0.0995. The SMILES string of the molecule is Cc1cc(NC(=O)C2CCC(n3c(=O)[nH]c4c(Br)cccc43)CC2)cnc1Cl. The molecule has 2 N–H and O–H groups in total. The number of H-pyrrole nitrogens is 1. The van der Waals surface area contributed by atoms with Crippen LogP contribution in [0.25, 0.3) is 11.0 Å². The molecule has 1 saturated carbocycles. The number of carbonyl (C=O) groups is 1. The number of aromatic amines is 1. The Morgan fingerprint density at radius 2 is 2.07 bits per heavy atom. The maximum atomic E-state index is 12.6. The highest BCUT2D eigenvalue weighted by Crippen LogP contribution is 2.34. The van der Waals surface area contributed by atoms with Crippen LogP contribution < -0.4 is 11.0 Å². The minimum absolute atomic E-state index is 0.00371. The predicted molar refractivity (Wildman–Crippen MR) is 114 cm³/mol. The van der Waals surface area contributed by atoms with Crippen molar-refractivity contribution in [1.82, 2.24) is 14.5 Å². The van der Waals surface area contributed by atoms with E-state index >= 15 is 0 Å². The van der Waals surface area contributed by atoms with Gasteiger partial charge in [0.15, 0.2) is 0 Å². The fraction of sp³-hybridized carbons (Fsp3) is 0.350. The van der Waals surface area contributed by atoms with Crippen molar-refractivity contribution < 1.29 is 4.79 Å². The van der Waals surface area contributed by atoms with Crippen molar-refractivity contribution in [2.45, 2.75) is 38.6 Å². The number of amides is 1. The average Bonchev–Trinajstić information content (AvgIpc) is 3.02. The van der Waals surface area contributed by atoms with Gasteiger partial charge >= 0.3 is 5.69 Å². The second kappa shape index (κ2) is 7.72. The van der Waals surface area contributed by atoms with E-state index in [2.05, 4.69) is 31.2 Å². The Balaban J connectivity index is 1.45. The number of aromatic nitrogens is 3. The molecule has 0 spiro atoms. The van der Waals surface area contributed by atoms with Crippen molar-refractivity contribution in [2.24, 2.45) is 5.92 Å². The van der Waals surface area contributed by atoms with Gasteiger partial charge in [0.25, 0.3) is 0 Å². The highest BCUT2D eigenvalue weighted by molar-refractivity contribution is 9.10. The van der Waals surface area contributed by atoms with E-state index in [0.29, 0.717) is 10.8 Å². The van der Waals surface area contributed by atoms with Gasteiger partial charge in [-0.15, -0.1) is 0 Å². The third-order valence-corrected chi connectivity index (χ3v) is 6.47. The summed E-state index contributed by atoms with van der Waals surface area (Å²) in [5.41, 5.74) is 3.10. The van der Waals surface area contributed by atoms with Gasteiger partial charge in [0, 0.05) is 16.4 Å². The molecule has 0 radical (unpaired) electrons. The van der Waals surface area contributed by atoms with E-state index in [-0.39, 0.29) is 23.6 Å². The summed E-state index contributed by atoms with van der Waals surface area (Å²) < 4.78 is 2.71. The summed E-state index contributed by atoms with van der Waals surface area (Å²) in [5, 5.41) is 3.38. The second-order valence-corrected chi connectivity index (χ2v) is 8.47. The van der Waals surface area contributed by atoms with Crippen LogP contribution in [0.5, 0.6) is 0 Å². The second-order valence-electron chi connectivity index (χ2n) is 7.26. The van der Waals surface area contributed by atoms with Gasteiger partial charge in [0.2, 0.25) is 5.91 Å². The number of nitrogens with zero attached hydrogens (tertiary/aromatic N) is 2. The van der Waals surface area contributed by atoms with E-state index < -0.39 is 0 Å². The quantitative estimate of drug-likeness (QED) is 0.547.